The lowest BCUT2D eigenvalue weighted by atomic mass is 10.0. The van der Waals surface area contributed by atoms with E-state index < -0.39 is 17.8 Å². The number of rotatable bonds is 5. The average Bonchev–Trinajstić information content (AvgIpc) is 2.67. The van der Waals surface area contributed by atoms with Crippen molar-refractivity contribution in [1.29, 1.82) is 0 Å². The first-order valence-corrected chi connectivity index (χ1v) is 8.70. The fourth-order valence-corrected chi connectivity index (χ4v) is 2.96. The van der Waals surface area contributed by atoms with Gasteiger partial charge in [-0.1, -0.05) is 29.8 Å². The van der Waals surface area contributed by atoms with E-state index in [1.807, 2.05) is 13.0 Å². The van der Waals surface area contributed by atoms with Crippen LogP contribution < -0.4 is 15.0 Å². The molecule has 0 radical (unpaired) electrons. The molecule has 1 aliphatic rings. The lowest BCUT2D eigenvalue weighted by Crippen LogP contribution is -2.54. The molecule has 0 unspecified atom stereocenters. The fourth-order valence-electron chi connectivity index (χ4n) is 2.96. The average molecular weight is 376 g/mol. The molecule has 2 aromatic carbocycles. The summed E-state index contributed by atoms with van der Waals surface area (Å²) in [5, 5.41) is 2.22. The second-order valence-electron chi connectivity index (χ2n) is 6.36. The number of anilines is 1. The van der Waals surface area contributed by atoms with Crippen LogP contribution in [0.3, 0.4) is 0 Å². The van der Waals surface area contributed by atoms with Gasteiger partial charge in [0.25, 0.3) is 11.8 Å². The molecule has 1 aliphatic heterocycles. The molecule has 0 atom stereocenters. The molecule has 1 fully saturated rings. The van der Waals surface area contributed by atoms with E-state index in [4.69, 9.17) is 4.74 Å². The van der Waals surface area contributed by atoms with Gasteiger partial charge in [-0.15, -0.1) is 6.58 Å². The van der Waals surface area contributed by atoms with Crippen LogP contribution in [0.5, 0.6) is 5.75 Å². The molecular formula is C22H20N2O4. The number of nitrogens with zero attached hydrogens (tertiary/aromatic N) is 1. The number of benzene rings is 2. The summed E-state index contributed by atoms with van der Waals surface area (Å²) in [6, 6.07) is 11.5. The van der Waals surface area contributed by atoms with Gasteiger partial charge >= 0.3 is 6.03 Å². The number of methoxy groups -OCH3 is 1. The third-order valence-electron chi connectivity index (χ3n) is 4.37. The summed E-state index contributed by atoms with van der Waals surface area (Å²) in [7, 11) is 1.57. The van der Waals surface area contributed by atoms with Crippen LogP contribution in [0.2, 0.25) is 0 Å². The lowest BCUT2D eigenvalue weighted by molar-refractivity contribution is -0.122. The number of hydrogen-bond acceptors (Lipinski definition) is 4. The number of ether oxygens (including phenoxy) is 1. The van der Waals surface area contributed by atoms with Crippen molar-refractivity contribution < 1.29 is 19.1 Å². The molecule has 1 saturated heterocycles. The minimum absolute atomic E-state index is 0.116. The Balaban J connectivity index is 2.00. The number of aryl methyl sites for hydroxylation is 1. The zero-order valence-corrected chi connectivity index (χ0v) is 15.7. The number of barbiturate groups is 1. The largest absolute Gasteiger partial charge is 0.496 e. The fraction of sp³-hybridized carbons (Fsp3) is 0.136. The molecule has 0 saturated carbocycles. The Hall–Kier alpha value is -3.67. The van der Waals surface area contributed by atoms with Crippen molar-refractivity contribution in [2.75, 3.05) is 12.0 Å². The van der Waals surface area contributed by atoms with Gasteiger partial charge < -0.3 is 4.74 Å². The zero-order valence-electron chi connectivity index (χ0n) is 15.7. The first kappa shape index (κ1) is 19.1. The predicted octanol–water partition coefficient (Wildman–Crippen LogP) is 3.40. The van der Waals surface area contributed by atoms with Crippen LogP contribution >= 0.6 is 0 Å². The number of hydrogen-bond donors (Lipinski definition) is 1. The Morgan fingerprint density at radius 2 is 1.82 bits per heavy atom. The maximum Gasteiger partial charge on any atom is 0.335 e. The van der Waals surface area contributed by atoms with Crippen molar-refractivity contribution in [1.82, 2.24) is 5.32 Å². The molecular weight excluding hydrogens is 356 g/mol. The second kappa shape index (κ2) is 7.92. The zero-order chi connectivity index (χ0) is 20.3. The summed E-state index contributed by atoms with van der Waals surface area (Å²) in [6.45, 7) is 5.63. The Labute approximate surface area is 163 Å². The smallest absolute Gasteiger partial charge is 0.335 e. The summed E-state index contributed by atoms with van der Waals surface area (Å²) in [5.41, 5.74) is 2.80. The third kappa shape index (κ3) is 3.71. The Morgan fingerprint density at radius 3 is 2.46 bits per heavy atom. The van der Waals surface area contributed by atoms with Gasteiger partial charge in [0, 0.05) is 0 Å². The molecule has 28 heavy (non-hydrogen) atoms. The highest BCUT2D eigenvalue weighted by atomic mass is 16.5. The summed E-state index contributed by atoms with van der Waals surface area (Å²) in [5.74, 6) is -0.698. The SMILES string of the molecule is C=CCc1cc(/C=C2\C(=O)NC(=O)N(c3ccc(C)cc3)C2=O)ccc1OC. The van der Waals surface area contributed by atoms with Gasteiger partial charge in [-0.05, 0) is 54.8 Å². The van der Waals surface area contributed by atoms with Crippen molar-refractivity contribution in [2.24, 2.45) is 0 Å². The minimum Gasteiger partial charge on any atom is -0.496 e. The van der Waals surface area contributed by atoms with Gasteiger partial charge in [0.15, 0.2) is 0 Å². The van der Waals surface area contributed by atoms with E-state index in [0.717, 1.165) is 16.0 Å². The van der Waals surface area contributed by atoms with E-state index in [-0.39, 0.29) is 5.57 Å². The molecule has 2 aromatic rings. The summed E-state index contributed by atoms with van der Waals surface area (Å²) in [6.07, 6.45) is 3.79. The first-order valence-electron chi connectivity index (χ1n) is 8.70. The van der Waals surface area contributed by atoms with Crippen LogP contribution in [0.25, 0.3) is 6.08 Å². The molecule has 6 nitrogen and oxygen atoms in total. The normalized spacial score (nSPS) is 15.6. The van der Waals surface area contributed by atoms with Crippen molar-refractivity contribution in [2.45, 2.75) is 13.3 Å². The van der Waals surface area contributed by atoms with Crippen molar-refractivity contribution in [3.8, 4) is 5.75 Å². The van der Waals surface area contributed by atoms with Crippen LogP contribution in [0, 0.1) is 6.92 Å². The van der Waals surface area contributed by atoms with Gasteiger partial charge in [-0.3, -0.25) is 14.9 Å². The van der Waals surface area contributed by atoms with Crippen LogP contribution in [-0.4, -0.2) is 25.0 Å². The number of amides is 4. The Kier molecular flexibility index (Phi) is 5.40. The molecule has 0 spiro atoms. The maximum absolute atomic E-state index is 12.9. The molecule has 4 amide bonds. The second-order valence-corrected chi connectivity index (χ2v) is 6.36. The van der Waals surface area contributed by atoms with Crippen molar-refractivity contribution in [3.05, 3.63) is 77.4 Å². The highest BCUT2D eigenvalue weighted by molar-refractivity contribution is 6.39. The molecule has 1 N–H and O–H groups in total. The summed E-state index contributed by atoms with van der Waals surface area (Å²) in [4.78, 5) is 38.4. The van der Waals surface area contributed by atoms with E-state index in [0.29, 0.717) is 23.4 Å². The van der Waals surface area contributed by atoms with Gasteiger partial charge in [-0.2, -0.15) is 0 Å². The molecule has 142 valence electrons. The standard InChI is InChI=1S/C22H20N2O4/c1-4-5-16-12-15(8-11-19(16)28-3)13-18-20(25)23-22(27)24(21(18)26)17-9-6-14(2)7-10-17/h4,6-13H,1,5H2,2-3H3,(H,23,25,27)/b18-13+. The van der Waals surface area contributed by atoms with Crippen LogP contribution in [-0.2, 0) is 16.0 Å². The number of imide groups is 2. The number of carbonyl (C=O) groups excluding carboxylic acids is 3. The minimum atomic E-state index is -0.766. The van der Waals surface area contributed by atoms with Crippen molar-refractivity contribution >= 4 is 29.6 Å². The quantitative estimate of drug-likeness (QED) is 0.493. The van der Waals surface area contributed by atoms with E-state index in [1.54, 1.807) is 49.6 Å². The first-order chi connectivity index (χ1) is 13.4. The lowest BCUT2D eigenvalue weighted by Gasteiger charge is -2.26. The molecule has 1 heterocycles. The third-order valence-corrected chi connectivity index (χ3v) is 4.37. The number of carbonyl (C=O) groups is 3. The highest BCUT2D eigenvalue weighted by Gasteiger charge is 2.36. The van der Waals surface area contributed by atoms with Gasteiger partial charge in [0.2, 0.25) is 0 Å². The topological polar surface area (TPSA) is 75.7 Å². The number of urea groups is 1. The highest BCUT2D eigenvalue weighted by Crippen LogP contribution is 2.25. The van der Waals surface area contributed by atoms with E-state index in [9.17, 15) is 14.4 Å². The predicted molar refractivity (Wildman–Crippen MR) is 107 cm³/mol. The number of allylic oxidation sites excluding steroid dienone is 1. The number of nitrogens with one attached hydrogen (secondary N) is 1. The summed E-state index contributed by atoms with van der Waals surface area (Å²) >= 11 is 0. The Morgan fingerprint density at radius 1 is 1.11 bits per heavy atom. The molecule has 0 bridgehead atoms. The van der Waals surface area contributed by atoms with Gasteiger partial charge in [0.1, 0.15) is 11.3 Å². The monoisotopic (exact) mass is 376 g/mol. The molecule has 0 aliphatic carbocycles. The van der Waals surface area contributed by atoms with Crippen LogP contribution in [0.15, 0.2) is 60.7 Å². The Bertz CT molecular complexity index is 990. The van der Waals surface area contributed by atoms with Gasteiger partial charge in [0.05, 0.1) is 12.8 Å². The maximum atomic E-state index is 12.9. The van der Waals surface area contributed by atoms with E-state index in [2.05, 4.69) is 11.9 Å². The van der Waals surface area contributed by atoms with E-state index in [1.165, 1.54) is 6.08 Å². The van der Waals surface area contributed by atoms with Crippen molar-refractivity contribution in [3.63, 3.8) is 0 Å². The van der Waals surface area contributed by atoms with E-state index >= 15 is 0 Å². The van der Waals surface area contributed by atoms with Crippen LogP contribution in [0.1, 0.15) is 16.7 Å². The van der Waals surface area contributed by atoms with Gasteiger partial charge in [-0.25, -0.2) is 9.69 Å². The summed E-state index contributed by atoms with van der Waals surface area (Å²) < 4.78 is 5.32. The van der Waals surface area contributed by atoms with Crippen LogP contribution in [0.4, 0.5) is 10.5 Å². The molecule has 3 rings (SSSR count). The molecule has 6 heteroatoms. The molecule has 0 aromatic heterocycles.